The molecule has 0 bridgehead atoms. The Morgan fingerprint density at radius 3 is 2.96 bits per heavy atom. The van der Waals surface area contributed by atoms with Crippen LogP contribution in [-0.4, -0.2) is 68.3 Å². The number of aromatic nitrogens is 1. The Kier molecular flexibility index (Phi) is 6.85. The lowest BCUT2D eigenvalue weighted by Gasteiger charge is -2.25. The number of benzene rings is 1. The van der Waals surface area contributed by atoms with Crippen LogP contribution in [0.1, 0.15) is 12.5 Å². The monoisotopic (exact) mass is 361 g/mol. The number of halogens is 1. The molecule has 1 saturated heterocycles. The third-order valence-corrected chi connectivity index (χ3v) is 4.55. The van der Waals surface area contributed by atoms with Crippen LogP contribution < -0.4 is 10.6 Å². The topological polar surface area (TPSA) is 64.7 Å². The third kappa shape index (κ3) is 5.19. The summed E-state index contributed by atoms with van der Waals surface area (Å²) in [6, 6.07) is 4.87. The number of ether oxygens (including phenoxy) is 1. The van der Waals surface area contributed by atoms with Crippen molar-refractivity contribution in [3.63, 3.8) is 0 Å². The number of aromatic amines is 1. The first-order valence-corrected chi connectivity index (χ1v) is 9.34. The minimum atomic E-state index is -0.217. The Hall–Kier alpha value is -2.12. The van der Waals surface area contributed by atoms with Gasteiger partial charge in [0, 0.05) is 49.8 Å². The highest BCUT2D eigenvalue weighted by Gasteiger charge is 2.09. The molecule has 0 atom stereocenters. The molecule has 2 aromatic rings. The van der Waals surface area contributed by atoms with E-state index in [0.29, 0.717) is 0 Å². The van der Waals surface area contributed by atoms with Gasteiger partial charge in [0.25, 0.3) is 0 Å². The molecule has 0 unspecified atom stereocenters. The zero-order valence-corrected chi connectivity index (χ0v) is 15.4. The average Bonchev–Trinajstić information content (AvgIpc) is 3.04. The van der Waals surface area contributed by atoms with Crippen molar-refractivity contribution in [2.24, 2.45) is 4.99 Å². The van der Waals surface area contributed by atoms with Gasteiger partial charge in [-0.1, -0.05) is 0 Å². The summed E-state index contributed by atoms with van der Waals surface area (Å²) in [7, 11) is 0. The van der Waals surface area contributed by atoms with Crippen LogP contribution in [0.15, 0.2) is 29.4 Å². The van der Waals surface area contributed by atoms with Gasteiger partial charge in [-0.05, 0) is 37.1 Å². The van der Waals surface area contributed by atoms with Crippen molar-refractivity contribution in [3.8, 4) is 0 Å². The van der Waals surface area contributed by atoms with Crippen molar-refractivity contribution < 1.29 is 9.13 Å². The number of morpholine rings is 1. The lowest BCUT2D eigenvalue weighted by Crippen LogP contribution is -2.40. The van der Waals surface area contributed by atoms with Gasteiger partial charge in [0.1, 0.15) is 5.82 Å². The summed E-state index contributed by atoms with van der Waals surface area (Å²) in [6.45, 7) is 8.99. The van der Waals surface area contributed by atoms with Gasteiger partial charge < -0.3 is 20.4 Å². The predicted octanol–water partition coefficient (Wildman–Crippen LogP) is 1.74. The predicted molar refractivity (Wildman–Crippen MR) is 103 cm³/mol. The van der Waals surface area contributed by atoms with Crippen molar-refractivity contribution in [1.82, 2.24) is 20.5 Å². The Labute approximate surface area is 153 Å². The SMILES string of the molecule is CCNC(=NCCN1CCOCC1)NCCc1c[nH]c2cc(F)ccc12. The maximum absolute atomic E-state index is 13.3. The van der Waals surface area contributed by atoms with Gasteiger partial charge in [0.2, 0.25) is 0 Å². The normalized spacial score (nSPS) is 16.2. The molecule has 26 heavy (non-hydrogen) atoms. The summed E-state index contributed by atoms with van der Waals surface area (Å²) in [5.41, 5.74) is 2.02. The van der Waals surface area contributed by atoms with Crippen LogP contribution in [-0.2, 0) is 11.2 Å². The van der Waals surface area contributed by atoms with Crippen LogP contribution in [0, 0.1) is 5.82 Å². The molecule has 0 saturated carbocycles. The van der Waals surface area contributed by atoms with Crippen LogP contribution >= 0.6 is 0 Å². The lowest BCUT2D eigenvalue weighted by atomic mass is 10.1. The molecule has 142 valence electrons. The Morgan fingerprint density at radius 2 is 2.15 bits per heavy atom. The summed E-state index contributed by atoms with van der Waals surface area (Å²) < 4.78 is 18.6. The number of nitrogens with zero attached hydrogens (tertiary/aromatic N) is 2. The highest BCUT2D eigenvalue weighted by Crippen LogP contribution is 2.19. The first kappa shape index (κ1) is 18.7. The molecule has 3 N–H and O–H groups in total. The number of fused-ring (bicyclic) bond motifs is 1. The van der Waals surface area contributed by atoms with Gasteiger partial charge >= 0.3 is 0 Å². The van der Waals surface area contributed by atoms with E-state index in [-0.39, 0.29) is 5.82 Å². The standard InChI is InChI=1S/C19H28FN5O/c1-2-21-19(23-7-8-25-9-11-26-12-10-25)22-6-5-15-14-24-18-13-16(20)3-4-17(15)18/h3-4,13-14,24H,2,5-12H2,1H3,(H2,21,22,23). The second kappa shape index (κ2) is 9.54. The summed E-state index contributed by atoms with van der Waals surface area (Å²) >= 11 is 0. The van der Waals surface area contributed by atoms with Crippen molar-refractivity contribution in [3.05, 3.63) is 35.8 Å². The number of hydrogen-bond acceptors (Lipinski definition) is 3. The summed E-state index contributed by atoms with van der Waals surface area (Å²) in [6.07, 6.45) is 2.80. The highest BCUT2D eigenvalue weighted by atomic mass is 19.1. The number of guanidine groups is 1. The molecule has 1 aromatic heterocycles. The Balaban J connectivity index is 1.48. The van der Waals surface area contributed by atoms with Crippen LogP contribution in [0.2, 0.25) is 0 Å². The van der Waals surface area contributed by atoms with Crippen molar-refractivity contribution in [2.75, 3.05) is 52.5 Å². The molecule has 7 heteroatoms. The summed E-state index contributed by atoms with van der Waals surface area (Å²) in [5, 5.41) is 7.74. The quantitative estimate of drug-likeness (QED) is 0.519. The molecule has 0 spiro atoms. The molecule has 0 radical (unpaired) electrons. The molecule has 3 rings (SSSR count). The third-order valence-electron chi connectivity index (χ3n) is 4.55. The fraction of sp³-hybridized carbons (Fsp3) is 0.526. The van der Waals surface area contributed by atoms with E-state index in [1.807, 2.05) is 12.3 Å². The zero-order chi connectivity index (χ0) is 18.2. The minimum Gasteiger partial charge on any atom is -0.379 e. The van der Waals surface area contributed by atoms with E-state index in [9.17, 15) is 4.39 Å². The van der Waals surface area contributed by atoms with E-state index in [0.717, 1.165) is 75.8 Å². The summed E-state index contributed by atoms with van der Waals surface area (Å²) in [5.74, 6) is 0.623. The van der Waals surface area contributed by atoms with E-state index in [1.165, 1.54) is 17.7 Å². The minimum absolute atomic E-state index is 0.217. The Bertz CT molecular complexity index is 724. The fourth-order valence-electron chi connectivity index (χ4n) is 3.15. The van der Waals surface area contributed by atoms with Gasteiger partial charge in [-0.2, -0.15) is 0 Å². The second-order valence-electron chi connectivity index (χ2n) is 6.40. The van der Waals surface area contributed by atoms with E-state index < -0.39 is 0 Å². The second-order valence-corrected chi connectivity index (χ2v) is 6.40. The number of aliphatic imine (C=N–C) groups is 1. The molecular formula is C19H28FN5O. The van der Waals surface area contributed by atoms with Gasteiger partial charge in [-0.15, -0.1) is 0 Å². The van der Waals surface area contributed by atoms with Crippen molar-refractivity contribution >= 4 is 16.9 Å². The first-order valence-electron chi connectivity index (χ1n) is 9.34. The maximum atomic E-state index is 13.3. The van der Waals surface area contributed by atoms with Gasteiger partial charge in [0.15, 0.2) is 5.96 Å². The van der Waals surface area contributed by atoms with Crippen LogP contribution in [0.25, 0.3) is 10.9 Å². The van der Waals surface area contributed by atoms with E-state index in [1.54, 1.807) is 0 Å². The molecule has 0 aliphatic carbocycles. The molecule has 2 heterocycles. The van der Waals surface area contributed by atoms with Crippen LogP contribution in [0.5, 0.6) is 0 Å². The average molecular weight is 361 g/mol. The van der Waals surface area contributed by atoms with Gasteiger partial charge in [0.05, 0.1) is 19.8 Å². The first-order chi connectivity index (χ1) is 12.8. The van der Waals surface area contributed by atoms with E-state index in [4.69, 9.17) is 4.74 Å². The smallest absolute Gasteiger partial charge is 0.191 e. The molecule has 1 aliphatic heterocycles. The fourth-order valence-corrected chi connectivity index (χ4v) is 3.15. The molecule has 6 nitrogen and oxygen atoms in total. The highest BCUT2D eigenvalue weighted by molar-refractivity contribution is 5.83. The largest absolute Gasteiger partial charge is 0.379 e. The van der Waals surface area contributed by atoms with Crippen molar-refractivity contribution in [1.29, 1.82) is 0 Å². The molecule has 0 amide bonds. The van der Waals surface area contributed by atoms with Crippen LogP contribution in [0.3, 0.4) is 0 Å². The van der Waals surface area contributed by atoms with Crippen molar-refractivity contribution in [2.45, 2.75) is 13.3 Å². The molecule has 1 aliphatic rings. The zero-order valence-electron chi connectivity index (χ0n) is 15.4. The van der Waals surface area contributed by atoms with Crippen LogP contribution in [0.4, 0.5) is 4.39 Å². The summed E-state index contributed by atoms with van der Waals surface area (Å²) in [4.78, 5) is 10.2. The van der Waals surface area contributed by atoms with E-state index in [2.05, 4.69) is 32.4 Å². The molecule has 1 aromatic carbocycles. The lowest BCUT2D eigenvalue weighted by molar-refractivity contribution is 0.0394. The number of H-pyrrole nitrogens is 1. The van der Waals surface area contributed by atoms with E-state index >= 15 is 0 Å². The maximum Gasteiger partial charge on any atom is 0.191 e. The number of nitrogens with one attached hydrogen (secondary N) is 3. The van der Waals surface area contributed by atoms with Gasteiger partial charge in [-0.25, -0.2) is 4.39 Å². The number of hydrogen-bond donors (Lipinski definition) is 3. The molecule has 1 fully saturated rings. The molecular weight excluding hydrogens is 333 g/mol. The number of rotatable bonds is 7. The van der Waals surface area contributed by atoms with Gasteiger partial charge in [-0.3, -0.25) is 9.89 Å². The Morgan fingerprint density at radius 1 is 1.31 bits per heavy atom.